The third kappa shape index (κ3) is 4.04. The van der Waals surface area contributed by atoms with Gasteiger partial charge in [0.15, 0.2) is 14.9 Å². The standard InChI is InChI=1S/C22H18N4O3S/c1-2-30(28,29)21-14-13-19(25-26-21)16-7-10-17(11-8-16)23-22(27)20-12-9-15-5-3-4-6-18(15)24-20/h3-14H,2H2,1H3,(H,23,27). The largest absolute Gasteiger partial charge is 0.321 e. The van der Waals surface area contributed by atoms with Gasteiger partial charge in [0.25, 0.3) is 5.91 Å². The number of carbonyl (C=O) groups excluding carboxylic acids is 1. The first-order chi connectivity index (χ1) is 14.5. The van der Waals surface area contributed by atoms with E-state index in [1.54, 1.807) is 43.3 Å². The lowest BCUT2D eigenvalue weighted by Gasteiger charge is -2.07. The number of hydrogen-bond donors (Lipinski definition) is 1. The number of sulfone groups is 1. The lowest BCUT2D eigenvalue weighted by atomic mass is 10.1. The summed E-state index contributed by atoms with van der Waals surface area (Å²) in [6.45, 7) is 1.56. The molecule has 0 fully saturated rings. The Morgan fingerprint density at radius 2 is 1.67 bits per heavy atom. The van der Waals surface area contributed by atoms with Crippen LogP contribution < -0.4 is 5.32 Å². The summed E-state index contributed by atoms with van der Waals surface area (Å²) in [7, 11) is -3.38. The van der Waals surface area contributed by atoms with Gasteiger partial charge in [-0.2, -0.15) is 0 Å². The van der Waals surface area contributed by atoms with Gasteiger partial charge in [-0.1, -0.05) is 43.3 Å². The van der Waals surface area contributed by atoms with Crippen LogP contribution in [0.3, 0.4) is 0 Å². The van der Waals surface area contributed by atoms with Crippen molar-refractivity contribution in [3.63, 3.8) is 0 Å². The number of fused-ring (bicyclic) bond motifs is 1. The number of hydrogen-bond acceptors (Lipinski definition) is 6. The third-order valence-electron chi connectivity index (χ3n) is 4.61. The zero-order valence-corrected chi connectivity index (χ0v) is 16.9. The number of anilines is 1. The molecule has 7 nitrogen and oxygen atoms in total. The van der Waals surface area contributed by atoms with Gasteiger partial charge in [0.1, 0.15) is 5.69 Å². The second kappa shape index (κ2) is 8.00. The summed E-state index contributed by atoms with van der Waals surface area (Å²) in [4.78, 5) is 16.9. The fourth-order valence-corrected chi connectivity index (χ4v) is 3.64. The van der Waals surface area contributed by atoms with Crippen LogP contribution in [0.4, 0.5) is 5.69 Å². The first-order valence-corrected chi connectivity index (χ1v) is 11.0. The third-order valence-corrected chi connectivity index (χ3v) is 6.22. The van der Waals surface area contributed by atoms with Crippen LogP contribution in [0.25, 0.3) is 22.2 Å². The maximum atomic E-state index is 12.5. The van der Waals surface area contributed by atoms with Gasteiger partial charge in [-0.3, -0.25) is 4.79 Å². The monoisotopic (exact) mass is 418 g/mol. The Balaban J connectivity index is 1.49. The molecule has 4 rings (SSSR count). The molecule has 0 radical (unpaired) electrons. The molecule has 2 aromatic heterocycles. The van der Waals surface area contributed by atoms with Crippen molar-refractivity contribution in [3.8, 4) is 11.3 Å². The van der Waals surface area contributed by atoms with E-state index in [0.717, 1.165) is 16.5 Å². The van der Waals surface area contributed by atoms with Crippen LogP contribution in [-0.2, 0) is 9.84 Å². The molecular weight excluding hydrogens is 400 g/mol. The summed E-state index contributed by atoms with van der Waals surface area (Å²) in [5, 5.41) is 11.6. The van der Waals surface area contributed by atoms with E-state index in [4.69, 9.17) is 0 Å². The van der Waals surface area contributed by atoms with E-state index >= 15 is 0 Å². The molecule has 0 aliphatic carbocycles. The molecule has 0 aliphatic rings. The summed E-state index contributed by atoms with van der Waals surface area (Å²) >= 11 is 0. The number of para-hydroxylation sites is 1. The van der Waals surface area contributed by atoms with E-state index in [-0.39, 0.29) is 16.7 Å². The normalized spacial score (nSPS) is 11.4. The minimum absolute atomic E-state index is 0.0263. The minimum Gasteiger partial charge on any atom is -0.321 e. The maximum Gasteiger partial charge on any atom is 0.274 e. The number of aromatic nitrogens is 3. The predicted octanol–water partition coefficient (Wildman–Crippen LogP) is 3.74. The van der Waals surface area contributed by atoms with E-state index in [9.17, 15) is 13.2 Å². The molecule has 0 bridgehead atoms. The predicted molar refractivity (Wildman–Crippen MR) is 115 cm³/mol. The highest BCUT2D eigenvalue weighted by Crippen LogP contribution is 2.21. The van der Waals surface area contributed by atoms with Gasteiger partial charge in [0.05, 0.1) is 17.0 Å². The van der Waals surface area contributed by atoms with Gasteiger partial charge in [0.2, 0.25) is 0 Å². The van der Waals surface area contributed by atoms with Gasteiger partial charge in [-0.25, -0.2) is 13.4 Å². The highest BCUT2D eigenvalue weighted by Gasteiger charge is 2.14. The number of amides is 1. The van der Waals surface area contributed by atoms with Crippen LogP contribution in [0.1, 0.15) is 17.4 Å². The van der Waals surface area contributed by atoms with E-state index < -0.39 is 9.84 Å². The van der Waals surface area contributed by atoms with Crippen LogP contribution in [-0.4, -0.2) is 35.3 Å². The second-order valence-corrected chi connectivity index (χ2v) is 8.81. The first-order valence-electron chi connectivity index (χ1n) is 9.30. The molecule has 0 aliphatic heterocycles. The highest BCUT2D eigenvalue weighted by molar-refractivity contribution is 7.91. The quantitative estimate of drug-likeness (QED) is 0.530. The molecule has 8 heteroatoms. The van der Waals surface area contributed by atoms with Crippen molar-refractivity contribution in [2.24, 2.45) is 0 Å². The number of nitrogens with zero attached hydrogens (tertiary/aromatic N) is 3. The number of benzene rings is 2. The molecule has 0 unspecified atom stereocenters. The Morgan fingerprint density at radius 3 is 2.37 bits per heavy atom. The Bertz CT molecular complexity index is 1320. The van der Waals surface area contributed by atoms with Crippen molar-refractivity contribution in [1.82, 2.24) is 15.2 Å². The fourth-order valence-electron chi connectivity index (χ4n) is 2.90. The number of carbonyl (C=O) groups is 1. The Morgan fingerprint density at radius 1 is 0.900 bits per heavy atom. The lowest BCUT2D eigenvalue weighted by Crippen LogP contribution is -2.13. The molecule has 4 aromatic rings. The second-order valence-electron chi connectivity index (χ2n) is 6.58. The number of pyridine rings is 1. The molecule has 0 saturated heterocycles. The molecule has 0 saturated carbocycles. The molecule has 30 heavy (non-hydrogen) atoms. The summed E-state index contributed by atoms with van der Waals surface area (Å²) in [5.74, 6) is -0.330. The Hall–Kier alpha value is -3.65. The van der Waals surface area contributed by atoms with E-state index in [1.165, 1.54) is 6.07 Å². The molecular formula is C22H18N4O3S. The Labute approximate surface area is 173 Å². The summed E-state index contributed by atoms with van der Waals surface area (Å²) in [6, 6.07) is 21.3. The first kappa shape index (κ1) is 19.7. The SMILES string of the molecule is CCS(=O)(=O)c1ccc(-c2ccc(NC(=O)c3ccc4ccccc4n3)cc2)nn1. The van der Waals surface area contributed by atoms with Gasteiger partial charge in [0, 0.05) is 16.6 Å². The summed E-state index contributed by atoms with van der Waals surface area (Å²) in [5.41, 5.74) is 2.99. The zero-order valence-electron chi connectivity index (χ0n) is 16.1. The maximum absolute atomic E-state index is 12.5. The Kier molecular flexibility index (Phi) is 5.24. The number of rotatable bonds is 5. The molecule has 150 valence electrons. The molecule has 0 atom stereocenters. The topological polar surface area (TPSA) is 102 Å². The highest BCUT2D eigenvalue weighted by atomic mass is 32.2. The fraction of sp³-hybridized carbons (Fsp3) is 0.0909. The molecule has 1 N–H and O–H groups in total. The van der Waals surface area contributed by atoms with Gasteiger partial charge in [-0.05, 0) is 36.4 Å². The minimum atomic E-state index is -3.38. The van der Waals surface area contributed by atoms with E-state index in [2.05, 4.69) is 20.5 Å². The van der Waals surface area contributed by atoms with Crippen LogP contribution in [0.15, 0.2) is 77.8 Å². The van der Waals surface area contributed by atoms with Crippen molar-refractivity contribution < 1.29 is 13.2 Å². The van der Waals surface area contributed by atoms with Crippen molar-refractivity contribution in [2.45, 2.75) is 11.9 Å². The van der Waals surface area contributed by atoms with Crippen molar-refractivity contribution in [1.29, 1.82) is 0 Å². The van der Waals surface area contributed by atoms with Crippen molar-refractivity contribution in [3.05, 3.63) is 78.5 Å². The van der Waals surface area contributed by atoms with Gasteiger partial charge < -0.3 is 5.32 Å². The molecule has 0 spiro atoms. The summed E-state index contributed by atoms with van der Waals surface area (Å²) in [6.07, 6.45) is 0. The van der Waals surface area contributed by atoms with Gasteiger partial charge >= 0.3 is 0 Å². The van der Waals surface area contributed by atoms with E-state index in [0.29, 0.717) is 17.1 Å². The van der Waals surface area contributed by atoms with Crippen LogP contribution in [0.5, 0.6) is 0 Å². The van der Waals surface area contributed by atoms with Crippen molar-refractivity contribution >= 4 is 32.3 Å². The van der Waals surface area contributed by atoms with Crippen LogP contribution in [0.2, 0.25) is 0 Å². The average Bonchev–Trinajstić information content (AvgIpc) is 2.79. The summed E-state index contributed by atoms with van der Waals surface area (Å²) < 4.78 is 23.7. The van der Waals surface area contributed by atoms with Gasteiger partial charge in [-0.15, -0.1) is 10.2 Å². The zero-order chi connectivity index (χ0) is 21.1. The average molecular weight is 418 g/mol. The molecule has 1 amide bonds. The van der Waals surface area contributed by atoms with Crippen molar-refractivity contribution in [2.75, 3.05) is 11.1 Å². The van der Waals surface area contributed by atoms with E-state index in [1.807, 2.05) is 30.3 Å². The molecule has 2 heterocycles. The van der Waals surface area contributed by atoms with Crippen LogP contribution in [0, 0.1) is 0 Å². The number of nitrogens with one attached hydrogen (secondary N) is 1. The van der Waals surface area contributed by atoms with Crippen LogP contribution >= 0.6 is 0 Å². The smallest absolute Gasteiger partial charge is 0.274 e. The lowest BCUT2D eigenvalue weighted by molar-refractivity contribution is 0.102. The molecule has 2 aromatic carbocycles.